The number of nitrogens with one attached hydrogen (secondary N) is 2. The summed E-state index contributed by atoms with van der Waals surface area (Å²) in [5, 5.41) is 6.47. The third-order valence-corrected chi connectivity index (χ3v) is 2.33. The maximum atomic E-state index is 13.0. The summed E-state index contributed by atoms with van der Waals surface area (Å²) in [6.45, 7) is 1.75. The van der Waals surface area contributed by atoms with Crippen molar-refractivity contribution in [3.8, 4) is 0 Å². The number of anilines is 2. The summed E-state index contributed by atoms with van der Waals surface area (Å²) >= 11 is 5.66. The van der Waals surface area contributed by atoms with Crippen LogP contribution in [0, 0.1) is 5.82 Å². The van der Waals surface area contributed by atoms with E-state index in [9.17, 15) is 4.39 Å². The third-order valence-electron chi connectivity index (χ3n) is 2.04. The van der Waals surface area contributed by atoms with Gasteiger partial charge in [0.25, 0.3) is 0 Å². The van der Waals surface area contributed by atoms with Crippen molar-refractivity contribution < 1.29 is 4.39 Å². The van der Waals surface area contributed by atoms with Crippen molar-refractivity contribution in [2.75, 3.05) is 23.7 Å². The van der Waals surface area contributed by atoms with Gasteiger partial charge in [0, 0.05) is 19.2 Å². The van der Waals surface area contributed by atoms with Crippen LogP contribution in [0.1, 0.15) is 6.42 Å². The molecule has 0 amide bonds. The molecule has 4 heteroatoms. The maximum absolute atomic E-state index is 13.0. The van der Waals surface area contributed by atoms with Crippen LogP contribution in [0.2, 0.25) is 5.02 Å². The van der Waals surface area contributed by atoms with E-state index >= 15 is 0 Å². The summed E-state index contributed by atoms with van der Waals surface area (Å²) < 4.78 is 13.0. The van der Waals surface area contributed by atoms with Gasteiger partial charge in [-0.05, 0) is 12.5 Å². The Kier molecular flexibility index (Phi) is 2.27. The molecule has 2 rings (SSSR count). The minimum absolute atomic E-state index is 0.162. The van der Waals surface area contributed by atoms with E-state index in [1.165, 1.54) is 6.07 Å². The molecular weight excluding hydrogens is 191 g/mol. The number of benzene rings is 1. The van der Waals surface area contributed by atoms with E-state index in [1.807, 2.05) is 0 Å². The first-order chi connectivity index (χ1) is 6.27. The van der Waals surface area contributed by atoms with Gasteiger partial charge in [-0.25, -0.2) is 4.39 Å². The molecule has 2 nitrogen and oxygen atoms in total. The second-order valence-corrected chi connectivity index (χ2v) is 3.43. The molecule has 70 valence electrons. The molecule has 0 fully saturated rings. The van der Waals surface area contributed by atoms with Crippen LogP contribution in [0.4, 0.5) is 15.8 Å². The molecule has 0 spiro atoms. The van der Waals surface area contributed by atoms with Crippen molar-refractivity contribution in [2.45, 2.75) is 6.42 Å². The SMILES string of the molecule is Fc1cc2c(cc1Cl)NCCCN2. The molecule has 0 bridgehead atoms. The second kappa shape index (κ2) is 3.42. The summed E-state index contributed by atoms with van der Waals surface area (Å²) in [6, 6.07) is 3.04. The molecule has 1 heterocycles. The smallest absolute Gasteiger partial charge is 0.143 e. The van der Waals surface area contributed by atoms with Gasteiger partial charge in [0.2, 0.25) is 0 Å². The van der Waals surface area contributed by atoms with Gasteiger partial charge >= 0.3 is 0 Å². The first-order valence-electron chi connectivity index (χ1n) is 4.24. The fourth-order valence-corrected chi connectivity index (χ4v) is 1.54. The Hall–Kier alpha value is -0.960. The van der Waals surface area contributed by atoms with Crippen molar-refractivity contribution in [2.24, 2.45) is 0 Å². The van der Waals surface area contributed by atoms with Crippen LogP contribution in [0.3, 0.4) is 0 Å². The highest BCUT2D eigenvalue weighted by molar-refractivity contribution is 6.31. The molecule has 0 unspecified atom stereocenters. The lowest BCUT2D eigenvalue weighted by Crippen LogP contribution is -2.01. The molecule has 1 aliphatic heterocycles. The van der Waals surface area contributed by atoms with E-state index in [1.54, 1.807) is 6.07 Å². The van der Waals surface area contributed by atoms with Gasteiger partial charge in [0.05, 0.1) is 16.4 Å². The zero-order valence-corrected chi connectivity index (χ0v) is 7.79. The largest absolute Gasteiger partial charge is 0.383 e. The van der Waals surface area contributed by atoms with Gasteiger partial charge in [-0.15, -0.1) is 0 Å². The summed E-state index contributed by atoms with van der Waals surface area (Å²) in [6.07, 6.45) is 1.02. The first-order valence-corrected chi connectivity index (χ1v) is 4.62. The van der Waals surface area contributed by atoms with Crippen LogP contribution in [-0.4, -0.2) is 13.1 Å². The van der Waals surface area contributed by atoms with E-state index in [2.05, 4.69) is 10.6 Å². The topological polar surface area (TPSA) is 24.1 Å². The highest BCUT2D eigenvalue weighted by Crippen LogP contribution is 2.29. The fraction of sp³-hybridized carbons (Fsp3) is 0.333. The van der Waals surface area contributed by atoms with Crippen molar-refractivity contribution in [1.29, 1.82) is 0 Å². The molecule has 0 saturated carbocycles. The lowest BCUT2D eigenvalue weighted by atomic mass is 10.2. The van der Waals surface area contributed by atoms with Crippen molar-refractivity contribution in [3.05, 3.63) is 23.0 Å². The predicted octanol–water partition coefficient (Wildman–Crippen LogP) is 2.71. The number of halogens is 2. The minimum atomic E-state index is -0.378. The van der Waals surface area contributed by atoms with Gasteiger partial charge < -0.3 is 10.6 Å². The molecule has 1 aliphatic rings. The van der Waals surface area contributed by atoms with Gasteiger partial charge in [-0.3, -0.25) is 0 Å². The van der Waals surface area contributed by atoms with Crippen molar-refractivity contribution in [3.63, 3.8) is 0 Å². The van der Waals surface area contributed by atoms with Crippen LogP contribution in [0.5, 0.6) is 0 Å². The van der Waals surface area contributed by atoms with Crippen molar-refractivity contribution in [1.82, 2.24) is 0 Å². The average molecular weight is 201 g/mol. The molecule has 0 saturated heterocycles. The van der Waals surface area contributed by atoms with E-state index in [4.69, 9.17) is 11.6 Å². The summed E-state index contributed by atoms with van der Waals surface area (Å²) in [5.74, 6) is -0.378. The molecule has 0 aliphatic carbocycles. The Labute approximate surface area is 81.1 Å². The first kappa shape index (κ1) is 8.63. The quantitative estimate of drug-likeness (QED) is 0.673. The molecule has 2 N–H and O–H groups in total. The second-order valence-electron chi connectivity index (χ2n) is 3.02. The molecule has 1 aromatic rings. The van der Waals surface area contributed by atoms with E-state index in [-0.39, 0.29) is 10.8 Å². The summed E-state index contributed by atoms with van der Waals surface area (Å²) in [5.41, 5.74) is 1.67. The maximum Gasteiger partial charge on any atom is 0.143 e. The number of hydrogen-bond donors (Lipinski definition) is 2. The Morgan fingerprint density at radius 1 is 1.15 bits per heavy atom. The Bertz CT molecular complexity index is 297. The number of fused-ring (bicyclic) bond motifs is 1. The number of hydrogen-bond acceptors (Lipinski definition) is 2. The van der Waals surface area contributed by atoms with Crippen LogP contribution in [0.25, 0.3) is 0 Å². The van der Waals surface area contributed by atoms with E-state index < -0.39 is 0 Å². The van der Waals surface area contributed by atoms with E-state index in [0.29, 0.717) is 0 Å². The highest BCUT2D eigenvalue weighted by Gasteiger charge is 2.10. The van der Waals surface area contributed by atoms with Crippen LogP contribution in [0.15, 0.2) is 12.1 Å². The molecule has 0 aromatic heterocycles. The average Bonchev–Trinajstić information content (AvgIpc) is 2.31. The fourth-order valence-electron chi connectivity index (χ4n) is 1.37. The van der Waals surface area contributed by atoms with Crippen LogP contribution in [-0.2, 0) is 0 Å². The minimum Gasteiger partial charge on any atom is -0.383 e. The lowest BCUT2D eigenvalue weighted by Gasteiger charge is -2.08. The standard InChI is InChI=1S/C9H10ClFN2/c10-6-4-8-9(5-7(6)11)13-3-1-2-12-8/h4-5,12-13H,1-3H2. The van der Waals surface area contributed by atoms with Crippen molar-refractivity contribution >= 4 is 23.0 Å². The van der Waals surface area contributed by atoms with Crippen LogP contribution >= 0.6 is 11.6 Å². The number of rotatable bonds is 0. The predicted molar refractivity (Wildman–Crippen MR) is 53.0 cm³/mol. The Balaban J connectivity index is 2.43. The molecular formula is C9H10ClFN2. The van der Waals surface area contributed by atoms with Gasteiger partial charge in [0.15, 0.2) is 0 Å². The van der Waals surface area contributed by atoms with E-state index in [0.717, 1.165) is 30.9 Å². The Morgan fingerprint density at radius 3 is 2.46 bits per heavy atom. The molecule has 0 radical (unpaired) electrons. The Morgan fingerprint density at radius 2 is 1.77 bits per heavy atom. The third kappa shape index (κ3) is 1.70. The van der Waals surface area contributed by atoms with Gasteiger partial charge in [0.1, 0.15) is 5.82 Å². The van der Waals surface area contributed by atoms with Gasteiger partial charge in [-0.2, -0.15) is 0 Å². The monoisotopic (exact) mass is 200 g/mol. The summed E-state index contributed by atoms with van der Waals surface area (Å²) in [7, 11) is 0. The highest BCUT2D eigenvalue weighted by atomic mass is 35.5. The molecule has 1 aromatic carbocycles. The summed E-state index contributed by atoms with van der Waals surface area (Å²) in [4.78, 5) is 0. The zero-order valence-electron chi connectivity index (χ0n) is 7.03. The molecule has 0 atom stereocenters. The lowest BCUT2D eigenvalue weighted by molar-refractivity contribution is 0.629. The van der Waals surface area contributed by atoms with Gasteiger partial charge in [-0.1, -0.05) is 11.6 Å². The molecule has 13 heavy (non-hydrogen) atoms. The normalized spacial score (nSPS) is 15.2. The van der Waals surface area contributed by atoms with Crippen LogP contribution < -0.4 is 10.6 Å². The zero-order chi connectivity index (χ0) is 9.26.